The molecule has 0 bridgehead atoms. The molecule has 2 aliphatic heterocycles. The Kier molecular flexibility index (Phi) is 5.36. The Morgan fingerprint density at radius 2 is 1.96 bits per heavy atom. The summed E-state index contributed by atoms with van der Waals surface area (Å²) in [4.78, 5) is 32.7. The number of nitrogens with one attached hydrogen (secondary N) is 1. The van der Waals surface area contributed by atoms with E-state index in [4.69, 9.17) is 4.74 Å². The van der Waals surface area contributed by atoms with Gasteiger partial charge in [-0.3, -0.25) is 14.5 Å². The first-order chi connectivity index (χ1) is 11.6. The number of likely N-dealkylation sites (tertiary alicyclic amines) is 1. The lowest BCUT2D eigenvalue weighted by Crippen LogP contribution is -2.54. The molecule has 0 aromatic carbocycles. The number of aromatic nitrogens is 1. The fraction of sp³-hybridized carbons (Fsp3) is 0.667. The normalized spacial score (nSPS) is 22.6. The Hall–Kier alpha value is -1.66. The Balaban J connectivity index is 1.68. The van der Waals surface area contributed by atoms with E-state index in [9.17, 15) is 9.59 Å². The SMILES string of the molecule is Cc1cc(C(=O)CN2CCCC[C@H]2C(=O)N2CCOCC2)c(C)[nH]1. The third-order valence-corrected chi connectivity index (χ3v) is 5.02. The molecule has 132 valence electrons. The molecule has 6 heteroatoms. The summed E-state index contributed by atoms with van der Waals surface area (Å²) in [6.07, 6.45) is 2.94. The molecule has 1 N–H and O–H groups in total. The first-order valence-corrected chi connectivity index (χ1v) is 8.86. The molecule has 0 saturated carbocycles. The summed E-state index contributed by atoms with van der Waals surface area (Å²) in [5, 5.41) is 0. The highest BCUT2D eigenvalue weighted by molar-refractivity contribution is 5.99. The Morgan fingerprint density at radius 3 is 2.62 bits per heavy atom. The number of rotatable bonds is 4. The number of carbonyl (C=O) groups is 2. The number of piperidine rings is 1. The number of morpholine rings is 1. The van der Waals surface area contributed by atoms with Gasteiger partial charge in [0, 0.05) is 30.0 Å². The van der Waals surface area contributed by atoms with Crippen molar-refractivity contribution in [1.29, 1.82) is 0 Å². The van der Waals surface area contributed by atoms with Gasteiger partial charge in [0.05, 0.1) is 25.8 Å². The predicted octanol–water partition coefficient (Wildman–Crippen LogP) is 1.53. The molecule has 0 radical (unpaired) electrons. The topological polar surface area (TPSA) is 65.6 Å². The van der Waals surface area contributed by atoms with Crippen LogP contribution in [0.1, 0.15) is 41.0 Å². The summed E-state index contributed by atoms with van der Waals surface area (Å²) in [5.41, 5.74) is 2.65. The van der Waals surface area contributed by atoms with Gasteiger partial charge in [0.2, 0.25) is 5.91 Å². The smallest absolute Gasteiger partial charge is 0.240 e. The molecule has 1 atom stereocenters. The minimum Gasteiger partial charge on any atom is -0.378 e. The number of Topliss-reactive ketones (excluding diaryl/α,β-unsaturated/α-hetero) is 1. The van der Waals surface area contributed by atoms with E-state index in [1.807, 2.05) is 24.8 Å². The van der Waals surface area contributed by atoms with Crippen molar-refractivity contribution in [3.63, 3.8) is 0 Å². The second kappa shape index (κ2) is 7.49. The van der Waals surface area contributed by atoms with Gasteiger partial charge in [0.25, 0.3) is 0 Å². The van der Waals surface area contributed by atoms with Crippen LogP contribution in [0.5, 0.6) is 0 Å². The number of carbonyl (C=O) groups excluding carboxylic acids is 2. The predicted molar refractivity (Wildman–Crippen MR) is 91.2 cm³/mol. The maximum Gasteiger partial charge on any atom is 0.240 e. The van der Waals surface area contributed by atoms with Gasteiger partial charge >= 0.3 is 0 Å². The van der Waals surface area contributed by atoms with Crippen LogP contribution in [0.2, 0.25) is 0 Å². The first kappa shape index (κ1) is 17.2. The Bertz CT molecular complexity index is 605. The van der Waals surface area contributed by atoms with Crippen LogP contribution in [0.4, 0.5) is 0 Å². The van der Waals surface area contributed by atoms with E-state index in [0.29, 0.717) is 32.8 Å². The van der Waals surface area contributed by atoms with E-state index >= 15 is 0 Å². The maximum absolute atomic E-state index is 12.9. The van der Waals surface area contributed by atoms with Crippen LogP contribution in [0.3, 0.4) is 0 Å². The fourth-order valence-electron chi connectivity index (χ4n) is 3.74. The van der Waals surface area contributed by atoms with Crippen LogP contribution < -0.4 is 0 Å². The third-order valence-electron chi connectivity index (χ3n) is 5.02. The molecular formula is C18H27N3O3. The van der Waals surface area contributed by atoms with Crippen molar-refractivity contribution in [2.75, 3.05) is 39.4 Å². The average molecular weight is 333 g/mol. The number of nitrogens with zero attached hydrogens (tertiary/aromatic N) is 2. The second-order valence-corrected chi connectivity index (χ2v) is 6.83. The summed E-state index contributed by atoms with van der Waals surface area (Å²) < 4.78 is 5.34. The molecule has 6 nitrogen and oxygen atoms in total. The second-order valence-electron chi connectivity index (χ2n) is 6.83. The quantitative estimate of drug-likeness (QED) is 0.849. The van der Waals surface area contributed by atoms with Gasteiger partial charge in [0.1, 0.15) is 0 Å². The number of ketones is 1. The molecule has 0 unspecified atom stereocenters. The Morgan fingerprint density at radius 1 is 1.21 bits per heavy atom. The molecular weight excluding hydrogens is 306 g/mol. The van der Waals surface area contributed by atoms with E-state index in [2.05, 4.69) is 9.88 Å². The van der Waals surface area contributed by atoms with Crippen molar-refractivity contribution in [3.8, 4) is 0 Å². The van der Waals surface area contributed by atoms with Crippen molar-refractivity contribution in [3.05, 3.63) is 23.0 Å². The minimum atomic E-state index is -0.166. The molecule has 3 rings (SSSR count). The van der Waals surface area contributed by atoms with E-state index in [1.54, 1.807) is 0 Å². The summed E-state index contributed by atoms with van der Waals surface area (Å²) in [6, 6.07) is 1.74. The molecule has 2 saturated heterocycles. The first-order valence-electron chi connectivity index (χ1n) is 8.86. The molecule has 2 fully saturated rings. The van der Waals surface area contributed by atoms with Crippen LogP contribution in [-0.4, -0.2) is 71.9 Å². The molecule has 3 heterocycles. The third kappa shape index (κ3) is 3.70. The van der Waals surface area contributed by atoms with Crippen molar-refractivity contribution in [1.82, 2.24) is 14.8 Å². The lowest BCUT2D eigenvalue weighted by molar-refractivity contribution is -0.142. The van der Waals surface area contributed by atoms with Crippen molar-refractivity contribution in [2.45, 2.75) is 39.2 Å². The highest BCUT2D eigenvalue weighted by Crippen LogP contribution is 2.21. The van der Waals surface area contributed by atoms with Crippen LogP contribution in [0.15, 0.2) is 6.07 Å². The fourth-order valence-corrected chi connectivity index (χ4v) is 3.74. The average Bonchev–Trinajstić information content (AvgIpc) is 2.94. The van der Waals surface area contributed by atoms with Crippen LogP contribution in [0.25, 0.3) is 0 Å². The van der Waals surface area contributed by atoms with Gasteiger partial charge in [0.15, 0.2) is 5.78 Å². The van der Waals surface area contributed by atoms with Crippen molar-refractivity contribution >= 4 is 11.7 Å². The molecule has 0 aliphatic carbocycles. The van der Waals surface area contributed by atoms with Crippen molar-refractivity contribution < 1.29 is 14.3 Å². The van der Waals surface area contributed by atoms with E-state index in [0.717, 1.165) is 42.8 Å². The summed E-state index contributed by atoms with van der Waals surface area (Å²) >= 11 is 0. The van der Waals surface area contributed by atoms with Gasteiger partial charge < -0.3 is 14.6 Å². The molecule has 0 spiro atoms. The lowest BCUT2D eigenvalue weighted by atomic mass is 9.99. The Labute approximate surface area is 143 Å². The molecule has 2 aliphatic rings. The number of hydrogen-bond donors (Lipinski definition) is 1. The number of ether oxygens (including phenoxy) is 1. The van der Waals surface area contributed by atoms with Gasteiger partial charge in [-0.2, -0.15) is 0 Å². The summed E-state index contributed by atoms with van der Waals surface area (Å²) in [6.45, 7) is 7.55. The maximum atomic E-state index is 12.9. The van der Waals surface area contributed by atoms with Gasteiger partial charge in [-0.15, -0.1) is 0 Å². The number of aryl methyl sites for hydroxylation is 2. The lowest BCUT2D eigenvalue weighted by Gasteiger charge is -2.38. The molecule has 24 heavy (non-hydrogen) atoms. The van der Waals surface area contributed by atoms with E-state index in [-0.39, 0.29) is 17.7 Å². The zero-order valence-electron chi connectivity index (χ0n) is 14.6. The van der Waals surface area contributed by atoms with Gasteiger partial charge in [-0.25, -0.2) is 0 Å². The zero-order valence-corrected chi connectivity index (χ0v) is 14.6. The molecule has 1 aromatic rings. The van der Waals surface area contributed by atoms with Crippen LogP contribution in [0, 0.1) is 13.8 Å². The molecule has 1 aromatic heterocycles. The summed E-state index contributed by atoms with van der Waals surface area (Å²) in [5.74, 6) is 0.256. The van der Waals surface area contributed by atoms with Gasteiger partial charge in [-0.05, 0) is 39.3 Å². The minimum absolute atomic E-state index is 0.0959. The number of H-pyrrole nitrogens is 1. The number of aromatic amines is 1. The molecule has 1 amide bonds. The largest absolute Gasteiger partial charge is 0.378 e. The van der Waals surface area contributed by atoms with Crippen molar-refractivity contribution in [2.24, 2.45) is 0 Å². The highest BCUT2D eigenvalue weighted by atomic mass is 16.5. The van der Waals surface area contributed by atoms with E-state index < -0.39 is 0 Å². The standard InChI is InChI=1S/C18H27N3O3/c1-13-11-15(14(2)19-13)17(22)12-21-6-4-3-5-16(21)18(23)20-7-9-24-10-8-20/h11,16,19H,3-10,12H2,1-2H3/t16-/m0/s1. The highest BCUT2D eigenvalue weighted by Gasteiger charge is 2.33. The number of hydrogen-bond acceptors (Lipinski definition) is 4. The van der Waals surface area contributed by atoms with Crippen LogP contribution in [-0.2, 0) is 9.53 Å². The van der Waals surface area contributed by atoms with Crippen LogP contribution >= 0.6 is 0 Å². The van der Waals surface area contributed by atoms with E-state index in [1.165, 1.54) is 0 Å². The number of amides is 1. The van der Waals surface area contributed by atoms with Gasteiger partial charge in [-0.1, -0.05) is 6.42 Å². The zero-order chi connectivity index (χ0) is 17.1. The summed E-state index contributed by atoms with van der Waals surface area (Å²) in [7, 11) is 0. The monoisotopic (exact) mass is 333 g/mol.